The molecule has 0 bridgehead atoms. The lowest BCUT2D eigenvalue weighted by Crippen LogP contribution is -2.45. The molecular weight excluding hydrogens is 703 g/mol. The van der Waals surface area contributed by atoms with Crippen LogP contribution in [0.5, 0.6) is 5.75 Å². The lowest BCUT2D eigenvalue weighted by atomic mass is 9.85. The Labute approximate surface area is 317 Å². The van der Waals surface area contributed by atoms with Crippen LogP contribution in [0.4, 0.5) is 8.78 Å². The third-order valence-electron chi connectivity index (χ3n) is 10.5. The van der Waals surface area contributed by atoms with Crippen molar-refractivity contribution in [3.8, 4) is 22.9 Å². The standard InChI is InChI=1S/C43H42F2N6O4/c44-43(45)22-35(23-46)51(26-43)40(52)24-49-42(54)37-17-18-48-39-16-11-32(21-38(37)39)29-9-14-36(15-10-29)55-25-34(50-41(53)30-7-12-33(47)13-8-30)20-27-5-6-28-3-1-2-4-31(28)19-27/h1-6,9-11,14-19,21,30,33-35H,7-8,12-13,20,22,24-26,47H2,(H,49,54)(H,50,53)/t30?,33?,34-,35-/m0/s1. The number of carbonyl (C=O) groups excluding carboxylic acids is 3. The number of carbonyl (C=O) groups is 3. The first-order chi connectivity index (χ1) is 26.5. The zero-order chi connectivity index (χ0) is 38.5. The first kappa shape index (κ1) is 37.4. The van der Waals surface area contributed by atoms with Crippen LogP contribution in [0.25, 0.3) is 32.8 Å². The Morgan fingerprint density at radius 1 is 0.945 bits per heavy atom. The monoisotopic (exact) mass is 744 g/mol. The van der Waals surface area contributed by atoms with Gasteiger partial charge in [-0.05, 0) is 89.9 Å². The Bertz CT molecular complexity index is 2250. The lowest BCUT2D eigenvalue weighted by molar-refractivity contribution is -0.131. The molecular formula is C43H42F2N6O4. The molecule has 2 fully saturated rings. The maximum Gasteiger partial charge on any atom is 0.268 e. The molecule has 2 aliphatic rings. The molecule has 2 atom stereocenters. The Balaban J connectivity index is 1.02. The third kappa shape index (κ3) is 8.90. The minimum absolute atomic E-state index is 0.0333. The fraction of sp³-hybridized carbons (Fsp3) is 0.326. The smallest absolute Gasteiger partial charge is 0.268 e. The molecule has 4 N–H and O–H groups in total. The summed E-state index contributed by atoms with van der Waals surface area (Å²) in [6.07, 6.45) is 4.60. The van der Waals surface area contributed by atoms with Gasteiger partial charge in [0.05, 0.1) is 36.3 Å². The number of ether oxygens (including phenoxy) is 1. The molecule has 10 nitrogen and oxygen atoms in total. The van der Waals surface area contributed by atoms with Gasteiger partial charge in [-0.25, -0.2) is 8.78 Å². The van der Waals surface area contributed by atoms with Gasteiger partial charge >= 0.3 is 0 Å². The van der Waals surface area contributed by atoms with E-state index >= 15 is 0 Å². The van der Waals surface area contributed by atoms with Crippen LogP contribution in [0.15, 0.2) is 97.2 Å². The van der Waals surface area contributed by atoms with E-state index in [1.807, 2.05) is 48.5 Å². The van der Waals surface area contributed by atoms with Gasteiger partial charge in [0.2, 0.25) is 11.8 Å². The van der Waals surface area contributed by atoms with Gasteiger partial charge in [-0.1, -0.05) is 60.7 Å². The number of halogens is 2. The van der Waals surface area contributed by atoms with Crippen LogP contribution in [-0.4, -0.2) is 71.3 Å². The van der Waals surface area contributed by atoms with Crippen molar-refractivity contribution in [2.75, 3.05) is 19.7 Å². The van der Waals surface area contributed by atoms with E-state index in [4.69, 9.17) is 10.5 Å². The number of nitrogens with one attached hydrogen (secondary N) is 2. The Hall–Kier alpha value is -5.93. The molecule has 3 amide bonds. The highest BCUT2D eigenvalue weighted by Crippen LogP contribution is 2.32. The molecule has 1 saturated heterocycles. The zero-order valence-corrected chi connectivity index (χ0v) is 30.2. The Morgan fingerprint density at radius 2 is 1.69 bits per heavy atom. The molecule has 12 heteroatoms. The number of aromatic nitrogens is 1. The summed E-state index contributed by atoms with van der Waals surface area (Å²) in [6.45, 7) is -1.12. The molecule has 0 unspecified atom stereocenters. The molecule has 0 spiro atoms. The van der Waals surface area contributed by atoms with Crippen LogP contribution in [0.1, 0.15) is 48.0 Å². The molecule has 2 heterocycles. The van der Waals surface area contributed by atoms with Crippen molar-refractivity contribution in [3.05, 3.63) is 108 Å². The highest BCUT2D eigenvalue weighted by atomic mass is 19.3. The van der Waals surface area contributed by atoms with E-state index in [9.17, 15) is 28.4 Å². The van der Waals surface area contributed by atoms with Gasteiger partial charge in [0, 0.05) is 30.0 Å². The number of alkyl halides is 2. The van der Waals surface area contributed by atoms with E-state index in [-0.39, 0.29) is 36.1 Å². The zero-order valence-electron chi connectivity index (χ0n) is 30.2. The maximum atomic E-state index is 13.9. The summed E-state index contributed by atoms with van der Waals surface area (Å²) in [4.78, 5) is 44.5. The molecule has 4 aromatic carbocycles. The summed E-state index contributed by atoms with van der Waals surface area (Å²) in [5.74, 6) is -3.87. The average Bonchev–Trinajstić information content (AvgIpc) is 3.53. The number of hydrogen-bond donors (Lipinski definition) is 3. The van der Waals surface area contributed by atoms with E-state index in [0.29, 0.717) is 23.1 Å². The van der Waals surface area contributed by atoms with E-state index in [1.54, 1.807) is 12.1 Å². The molecule has 1 aliphatic heterocycles. The van der Waals surface area contributed by atoms with E-state index < -0.39 is 43.3 Å². The molecule has 55 heavy (non-hydrogen) atoms. The number of nitrogens with zero attached hydrogens (tertiary/aromatic N) is 3. The van der Waals surface area contributed by atoms with E-state index in [0.717, 1.165) is 58.0 Å². The summed E-state index contributed by atoms with van der Waals surface area (Å²) in [7, 11) is 0. The molecule has 1 aromatic heterocycles. The lowest BCUT2D eigenvalue weighted by Gasteiger charge is -2.27. The Kier molecular flexibility index (Phi) is 11.0. The highest BCUT2D eigenvalue weighted by Gasteiger charge is 2.47. The largest absolute Gasteiger partial charge is 0.491 e. The van der Waals surface area contributed by atoms with Gasteiger partial charge in [-0.15, -0.1) is 0 Å². The van der Waals surface area contributed by atoms with Crippen LogP contribution < -0.4 is 21.1 Å². The first-order valence-corrected chi connectivity index (χ1v) is 18.6. The van der Waals surface area contributed by atoms with Gasteiger partial charge in [0.1, 0.15) is 18.4 Å². The molecule has 1 saturated carbocycles. The van der Waals surface area contributed by atoms with Gasteiger partial charge in [0.25, 0.3) is 11.8 Å². The van der Waals surface area contributed by atoms with Crippen molar-refractivity contribution in [2.45, 2.75) is 62.6 Å². The predicted octanol–water partition coefficient (Wildman–Crippen LogP) is 6.17. The second kappa shape index (κ2) is 16.2. The fourth-order valence-electron chi connectivity index (χ4n) is 7.51. The minimum atomic E-state index is -3.15. The van der Waals surface area contributed by atoms with Crippen molar-refractivity contribution in [1.29, 1.82) is 5.26 Å². The van der Waals surface area contributed by atoms with Crippen molar-refractivity contribution in [1.82, 2.24) is 20.5 Å². The average molecular weight is 745 g/mol. The van der Waals surface area contributed by atoms with Crippen molar-refractivity contribution in [2.24, 2.45) is 11.7 Å². The van der Waals surface area contributed by atoms with Crippen molar-refractivity contribution < 1.29 is 27.9 Å². The van der Waals surface area contributed by atoms with Gasteiger partial charge < -0.3 is 26.0 Å². The molecule has 5 aromatic rings. The highest BCUT2D eigenvalue weighted by molar-refractivity contribution is 6.07. The normalized spacial score (nSPS) is 19.7. The maximum absolute atomic E-state index is 13.9. The summed E-state index contributed by atoms with van der Waals surface area (Å²) >= 11 is 0. The van der Waals surface area contributed by atoms with Gasteiger partial charge in [0.15, 0.2) is 0 Å². The summed E-state index contributed by atoms with van der Waals surface area (Å²) in [6, 6.07) is 29.5. The summed E-state index contributed by atoms with van der Waals surface area (Å²) in [5.41, 5.74) is 9.68. The van der Waals surface area contributed by atoms with Crippen LogP contribution in [-0.2, 0) is 16.0 Å². The molecule has 1 aliphatic carbocycles. The number of likely N-dealkylation sites (tertiary alicyclic amines) is 1. The van der Waals surface area contributed by atoms with Crippen LogP contribution in [0.3, 0.4) is 0 Å². The third-order valence-corrected chi connectivity index (χ3v) is 10.5. The summed E-state index contributed by atoms with van der Waals surface area (Å²) < 4.78 is 34.0. The van der Waals surface area contributed by atoms with Crippen LogP contribution in [0.2, 0.25) is 0 Å². The second-order valence-corrected chi connectivity index (χ2v) is 14.5. The first-order valence-electron chi connectivity index (χ1n) is 18.6. The Morgan fingerprint density at radius 3 is 2.45 bits per heavy atom. The van der Waals surface area contributed by atoms with Crippen molar-refractivity contribution >= 4 is 39.4 Å². The minimum Gasteiger partial charge on any atom is -0.491 e. The van der Waals surface area contributed by atoms with Gasteiger partial charge in [-0.3, -0.25) is 19.4 Å². The second-order valence-electron chi connectivity index (χ2n) is 14.5. The SMILES string of the molecule is N#C[C@@H]1CC(F)(F)CN1C(=O)CNC(=O)c1ccnc2ccc(-c3ccc(OC[C@H](Cc4ccc5ccccc5c4)NC(=O)C4CCC(N)CC4)cc3)cc12. The molecule has 7 rings (SSSR count). The van der Waals surface area contributed by atoms with Gasteiger partial charge in [-0.2, -0.15) is 5.26 Å². The molecule has 282 valence electrons. The quantitative estimate of drug-likeness (QED) is 0.147. The van der Waals surface area contributed by atoms with Crippen LogP contribution >= 0.6 is 0 Å². The number of amides is 3. The van der Waals surface area contributed by atoms with Crippen molar-refractivity contribution in [3.63, 3.8) is 0 Å². The summed E-state index contributed by atoms with van der Waals surface area (Å²) in [5, 5.41) is 17.9. The molecule has 0 radical (unpaired) electrons. The number of nitriles is 1. The predicted molar refractivity (Wildman–Crippen MR) is 205 cm³/mol. The fourth-order valence-corrected chi connectivity index (χ4v) is 7.51. The number of hydrogen-bond acceptors (Lipinski definition) is 7. The topological polar surface area (TPSA) is 150 Å². The van der Waals surface area contributed by atoms with E-state index in [2.05, 4.69) is 45.9 Å². The van der Waals surface area contributed by atoms with E-state index in [1.165, 1.54) is 12.3 Å². The number of benzene rings is 4. The van der Waals surface area contributed by atoms with Crippen LogP contribution in [0, 0.1) is 17.2 Å². The number of rotatable bonds is 11. The number of pyridine rings is 1. The number of fused-ring (bicyclic) bond motifs is 2. The number of nitrogens with two attached hydrogens (primary N) is 1.